The van der Waals surface area contributed by atoms with Gasteiger partial charge in [0.25, 0.3) is 11.8 Å². The molecule has 2 aliphatic rings. The fraction of sp³-hybridized carbons (Fsp3) is 0.172. The number of amides is 3. The molecule has 3 amide bonds. The number of hydrogen-bond donors (Lipinski definition) is 1. The summed E-state index contributed by atoms with van der Waals surface area (Å²) in [4.78, 5) is 43.0. The van der Waals surface area contributed by atoms with E-state index < -0.39 is 0 Å². The van der Waals surface area contributed by atoms with E-state index in [1.165, 1.54) is 4.90 Å². The van der Waals surface area contributed by atoms with Crippen molar-refractivity contribution in [1.29, 1.82) is 0 Å². The van der Waals surface area contributed by atoms with Crippen LogP contribution in [0.1, 0.15) is 16.7 Å². The molecule has 1 N–H and O–H groups in total. The molecule has 8 heteroatoms. The maximum atomic E-state index is 13.6. The normalized spacial score (nSPS) is 16.9. The summed E-state index contributed by atoms with van der Waals surface area (Å²) < 4.78 is 0.436. The molecule has 6 nitrogen and oxygen atoms in total. The third-order valence-corrected chi connectivity index (χ3v) is 7.79. The van der Waals surface area contributed by atoms with Crippen LogP contribution in [0.5, 0.6) is 0 Å². The summed E-state index contributed by atoms with van der Waals surface area (Å²) in [6.45, 7) is 0.788. The largest absolute Gasteiger partial charge is 0.354 e. The van der Waals surface area contributed by atoms with Crippen molar-refractivity contribution in [3.63, 3.8) is 0 Å². The van der Waals surface area contributed by atoms with Gasteiger partial charge in [0.2, 0.25) is 5.91 Å². The van der Waals surface area contributed by atoms with Crippen LogP contribution >= 0.6 is 24.0 Å². The Morgan fingerprint density at radius 3 is 2.11 bits per heavy atom. The number of thiocarbonyl (C=S) groups is 1. The van der Waals surface area contributed by atoms with Crippen LogP contribution in [-0.2, 0) is 27.2 Å². The Hall–Kier alpha value is -3.75. The van der Waals surface area contributed by atoms with Crippen molar-refractivity contribution in [2.24, 2.45) is 0 Å². The van der Waals surface area contributed by atoms with Crippen LogP contribution in [0.2, 0.25) is 0 Å². The maximum Gasteiger partial charge on any atom is 0.267 e. The molecule has 0 saturated carbocycles. The van der Waals surface area contributed by atoms with E-state index in [4.69, 9.17) is 12.2 Å². The molecule has 0 bridgehead atoms. The molecule has 0 unspecified atom stereocenters. The Labute approximate surface area is 225 Å². The second-order valence-electron chi connectivity index (χ2n) is 8.76. The highest BCUT2D eigenvalue weighted by molar-refractivity contribution is 8.26. The van der Waals surface area contributed by atoms with Crippen LogP contribution < -0.4 is 10.2 Å². The molecule has 0 atom stereocenters. The van der Waals surface area contributed by atoms with E-state index in [2.05, 4.69) is 5.32 Å². The van der Waals surface area contributed by atoms with Gasteiger partial charge in [0, 0.05) is 18.7 Å². The number of anilines is 1. The van der Waals surface area contributed by atoms with E-state index in [-0.39, 0.29) is 24.3 Å². The summed E-state index contributed by atoms with van der Waals surface area (Å²) >= 11 is 6.67. The molecule has 3 aromatic rings. The number of fused-ring (bicyclic) bond motifs is 1. The average Bonchev–Trinajstić information content (AvgIpc) is 3.35. The van der Waals surface area contributed by atoms with E-state index in [0.717, 1.165) is 22.9 Å². The number of nitrogens with one attached hydrogen (secondary N) is 1. The van der Waals surface area contributed by atoms with Gasteiger partial charge in [0.15, 0.2) is 0 Å². The topological polar surface area (TPSA) is 69.7 Å². The SMILES string of the molecule is O=C(CN1C(=O)/C(=C2\SC(=S)N(CCc3ccccc3)C2=O)c2ccccc21)NCCc1ccccc1. The van der Waals surface area contributed by atoms with Crippen molar-refractivity contribution in [2.75, 3.05) is 24.5 Å². The molecular formula is C29H25N3O3S2. The quantitative estimate of drug-likeness (QED) is 0.351. The monoisotopic (exact) mass is 527 g/mol. The summed E-state index contributed by atoms with van der Waals surface area (Å²) in [6.07, 6.45) is 1.36. The van der Waals surface area contributed by atoms with Gasteiger partial charge in [-0.3, -0.25) is 24.2 Å². The molecule has 3 aromatic carbocycles. The Bertz CT molecular complexity index is 1390. The molecule has 37 heavy (non-hydrogen) atoms. The summed E-state index contributed by atoms with van der Waals surface area (Å²) in [5, 5.41) is 2.90. The fourth-order valence-electron chi connectivity index (χ4n) is 4.47. The minimum absolute atomic E-state index is 0.123. The third kappa shape index (κ3) is 5.35. The van der Waals surface area contributed by atoms with Gasteiger partial charge in [0.1, 0.15) is 10.9 Å². The second-order valence-corrected chi connectivity index (χ2v) is 10.4. The molecule has 186 valence electrons. The van der Waals surface area contributed by atoms with Gasteiger partial charge in [-0.05, 0) is 30.0 Å². The number of rotatable bonds is 8. The molecule has 0 aliphatic carbocycles. The van der Waals surface area contributed by atoms with Gasteiger partial charge in [-0.1, -0.05) is 103 Å². The van der Waals surface area contributed by atoms with Crippen molar-refractivity contribution in [2.45, 2.75) is 12.8 Å². The van der Waals surface area contributed by atoms with Gasteiger partial charge >= 0.3 is 0 Å². The molecule has 2 heterocycles. The number of para-hydroxylation sites is 1. The summed E-state index contributed by atoms with van der Waals surface area (Å²) in [7, 11) is 0. The number of nitrogens with zero attached hydrogens (tertiary/aromatic N) is 2. The molecule has 1 fully saturated rings. The first-order valence-corrected chi connectivity index (χ1v) is 13.3. The Kier molecular flexibility index (Phi) is 7.48. The number of benzene rings is 3. The second kappa shape index (κ2) is 11.1. The Morgan fingerprint density at radius 2 is 1.41 bits per heavy atom. The lowest BCUT2D eigenvalue weighted by molar-refractivity contribution is -0.122. The van der Waals surface area contributed by atoms with E-state index in [1.807, 2.05) is 78.9 Å². The molecule has 1 saturated heterocycles. The minimum atomic E-state index is -0.358. The summed E-state index contributed by atoms with van der Waals surface area (Å²) in [5.41, 5.74) is 3.81. The predicted octanol–water partition coefficient (Wildman–Crippen LogP) is 4.21. The molecule has 2 aliphatic heterocycles. The van der Waals surface area contributed by atoms with Crippen LogP contribution in [0, 0.1) is 0 Å². The van der Waals surface area contributed by atoms with Crippen molar-refractivity contribution in [1.82, 2.24) is 10.2 Å². The molecule has 5 rings (SSSR count). The van der Waals surface area contributed by atoms with Crippen LogP contribution in [0.4, 0.5) is 5.69 Å². The minimum Gasteiger partial charge on any atom is -0.354 e. The zero-order chi connectivity index (χ0) is 25.8. The zero-order valence-electron chi connectivity index (χ0n) is 20.1. The highest BCUT2D eigenvalue weighted by Crippen LogP contribution is 2.44. The van der Waals surface area contributed by atoms with Crippen LogP contribution in [-0.4, -0.2) is 46.6 Å². The van der Waals surface area contributed by atoms with E-state index in [0.29, 0.717) is 52.0 Å². The average molecular weight is 528 g/mol. The molecular weight excluding hydrogens is 502 g/mol. The van der Waals surface area contributed by atoms with Crippen molar-refractivity contribution >= 4 is 57.3 Å². The lowest BCUT2D eigenvalue weighted by Crippen LogP contribution is -2.39. The maximum absolute atomic E-state index is 13.6. The molecule has 0 aromatic heterocycles. The van der Waals surface area contributed by atoms with Crippen molar-refractivity contribution in [3.8, 4) is 0 Å². The van der Waals surface area contributed by atoms with Crippen molar-refractivity contribution < 1.29 is 14.4 Å². The van der Waals surface area contributed by atoms with Crippen LogP contribution in [0.3, 0.4) is 0 Å². The first kappa shape index (κ1) is 24.9. The number of hydrogen-bond acceptors (Lipinski definition) is 5. The summed E-state index contributed by atoms with van der Waals surface area (Å²) in [6, 6.07) is 27.0. The zero-order valence-corrected chi connectivity index (χ0v) is 21.7. The van der Waals surface area contributed by atoms with Gasteiger partial charge in [-0.2, -0.15) is 0 Å². The third-order valence-electron chi connectivity index (χ3n) is 6.35. The Balaban J connectivity index is 1.31. The van der Waals surface area contributed by atoms with Gasteiger partial charge in [-0.15, -0.1) is 0 Å². The molecule has 0 spiro atoms. The summed E-state index contributed by atoms with van der Waals surface area (Å²) in [5.74, 6) is -0.878. The van der Waals surface area contributed by atoms with Crippen LogP contribution in [0.25, 0.3) is 5.57 Å². The van der Waals surface area contributed by atoms with Crippen LogP contribution in [0.15, 0.2) is 89.8 Å². The van der Waals surface area contributed by atoms with Crippen molar-refractivity contribution in [3.05, 3.63) is 107 Å². The Morgan fingerprint density at radius 1 is 0.784 bits per heavy atom. The lowest BCUT2D eigenvalue weighted by atomic mass is 10.1. The van der Waals surface area contributed by atoms with Gasteiger partial charge < -0.3 is 5.32 Å². The lowest BCUT2D eigenvalue weighted by Gasteiger charge is -2.17. The highest BCUT2D eigenvalue weighted by atomic mass is 32.2. The number of carbonyl (C=O) groups is 3. The van der Waals surface area contributed by atoms with E-state index >= 15 is 0 Å². The fourth-order valence-corrected chi connectivity index (χ4v) is 5.85. The smallest absolute Gasteiger partial charge is 0.267 e. The first-order chi connectivity index (χ1) is 18.0. The number of carbonyl (C=O) groups excluding carboxylic acids is 3. The van der Waals surface area contributed by atoms with E-state index in [1.54, 1.807) is 11.0 Å². The van der Waals surface area contributed by atoms with Gasteiger partial charge in [-0.25, -0.2) is 0 Å². The highest BCUT2D eigenvalue weighted by Gasteiger charge is 2.42. The first-order valence-electron chi connectivity index (χ1n) is 12.1. The van der Waals surface area contributed by atoms with Gasteiger partial charge in [0.05, 0.1) is 16.2 Å². The predicted molar refractivity (Wildman–Crippen MR) is 151 cm³/mol. The molecule has 0 radical (unpaired) electrons. The number of thioether (sulfide) groups is 1. The standard InChI is InChI=1S/C29H25N3O3S2/c33-24(30-17-15-20-9-3-1-4-10-20)19-32-23-14-8-7-13-22(23)25(27(32)34)26-28(35)31(29(36)37-26)18-16-21-11-5-2-6-12-21/h1-14H,15-19H2,(H,30,33)/b26-25-. The van der Waals surface area contributed by atoms with E-state index in [9.17, 15) is 14.4 Å².